The van der Waals surface area contributed by atoms with Crippen molar-refractivity contribution in [3.05, 3.63) is 18.2 Å². The van der Waals surface area contributed by atoms with Crippen LogP contribution in [0.2, 0.25) is 0 Å². The normalized spacial score (nSPS) is 20.6. The second-order valence-electron chi connectivity index (χ2n) is 6.55. The van der Waals surface area contributed by atoms with Crippen molar-refractivity contribution < 1.29 is 0 Å². The Bertz CT molecular complexity index is 408. The van der Waals surface area contributed by atoms with Gasteiger partial charge in [0.05, 0.1) is 18.1 Å². The molecule has 4 heteroatoms. The van der Waals surface area contributed by atoms with Crippen LogP contribution in [0.25, 0.3) is 0 Å². The van der Waals surface area contributed by atoms with E-state index in [1.54, 1.807) is 0 Å². The van der Waals surface area contributed by atoms with Crippen molar-refractivity contribution >= 4 is 0 Å². The minimum absolute atomic E-state index is 0.254. The summed E-state index contributed by atoms with van der Waals surface area (Å²) in [6.07, 6.45) is 10.8. The Balaban J connectivity index is 1.59. The summed E-state index contributed by atoms with van der Waals surface area (Å²) in [6, 6.07) is 0.254. The number of hydrogen-bond donors (Lipinski definition) is 2. The summed E-state index contributed by atoms with van der Waals surface area (Å²) in [6.45, 7) is 5.01. The number of aromatic nitrogens is 2. The van der Waals surface area contributed by atoms with Crippen molar-refractivity contribution in [2.45, 2.75) is 51.6 Å². The molecule has 0 spiro atoms. The first-order valence-corrected chi connectivity index (χ1v) is 8.27. The smallest absolute Gasteiger partial charge is 0.0948 e. The number of nitrogens with zero attached hydrogens (tertiary/aromatic N) is 2. The van der Waals surface area contributed by atoms with Crippen molar-refractivity contribution in [2.75, 3.05) is 13.1 Å². The van der Waals surface area contributed by atoms with Gasteiger partial charge in [0.1, 0.15) is 0 Å². The molecule has 3 N–H and O–H groups in total. The number of aryl methyl sites for hydroxylation is 1. The molecule has 20 heavy (non-hydrogen) atoms. The molecule has 0 aliphatic heterocycles. The lowest BCUT2D eigenvalue weighted by molar-refractivity contribution is 0.352. The van der Waals surface area contributed by atoms with Crippen molar-refractivity contribution in [1.82, 2.24) is 14.9 Å². The van der Waals surface area contributed by atoms with Gasteiger partial charge in [0.2, 0.25) is 0 Å². The van der Waals surface area contributed by atoms with Crippen molar-refractivity contribution in [2.24, 2.45) is 23.5 Å². The standard InChI is InChI=1S/C16H28N4/c1-2-7-20-11-18-10-16(20)15(8-17)19-9-14(12-3-4-12)13-5-6-13/h10-15,19H,2-9,17H2,1H3. The zero-order valence-corrected chi connectivity index (χ0v) is 12.6. The average molecular weight is 276 g/mol. The van der Waals surface area contributed by atoms with E-state index in [-0.39, 0.29) is 6.04 Å². The summed E-state index contributed by atoms with van der Waals surface area (Å²) in [5.74, 6) is 2.88. The van der Waals surface area contributed by atoms with Gasteiger partial charge in [0.15, 0.2) is 0 Å². The van der Waals surface area contributed by atoms with Crippen LogP contribution in [-0.4, -0.2) is 22.6 Å². The van der Waals surface area contributed by atoms with E-state index in [9.17, 15) is 0 Å². The molecule has 0 saturated heterocycles. The predicted octanol–water partition coefficient (Wildman–Crippen LogP) is 2.32. The van der Waals surface area contributed by atoms with E-state index in [1.165, 1.54) is 31.4 Å². The van der Waals surface area contributed by atoms with Crippen LogP contribution in [-0.2, 0) is 6.54 Å². The molecule has 0 aromatic carbocycles. The van der Waals surface area contributed by atoms with Crippen LogP contribution in [0.15, 0.2) is 12.5 Å². The van der Waals surface area contributed by atoms with Gasteiger partial charge in [0.25, 0.3) is 0 Å². The van der Waals surface area contributed by atoms with E-state index in [0.717, 1.165) is 37.3 Å². The Morgan fingerprint density at radius 2 is 2.05 bits per heavy atom. The van der Waals surface area contributed by atoms with Gasteiger partial charge in [-0.3, -0.25) is 0 Å². The van der Waals surface area contributed by atoms with Crippen LogP contribution in [0, 0.1) is 17.8 Å². The van der Waals surface area contributed by atoms with E-state index in [4.69, 9.17) is 5.73 Å². The lowest BCUT2D eigenvalue weighted by Crippen LogP contribution is -2.34. The molecule has 2 aliphatic carbocycles. The molecular weight excluding hydrogens is 248 g/mol. The fourth-order valence-corrected chi connectivity index (χ4v) is 3.40. The van der Waals surface area contributed by atoms with Crippen LogP contribution in [0.5, 0.6) is 0 Å². The second-order valence-corrected chi connectivity index (χ2v) is 6.55. The molecule has 2 saturated carbocycles. The molecule has 2 fully saturated rings. The highest BCUT2D eigenvalue weighted by Crippen LogP contribution is 2.48. The Hall–Kier alpha value is -0.870. The Labute approximate surface area is 122 Å². The van der Waals surface area contributed by atoms with Crippen molar-refractivity contribution in [3.63, 3.8) is 0 Å². The van der Waals surface area contributed by atoms with Gasteiger partial charge in [-0.15, -0.1) is 0 Å². The van der Waals surface area contributed by atoms with Crippen LogP contribution in [0.3, 0.4) is 0 Å². The van der Waals surface area contributed by atoms with Gasteiger partial charge >= 0.3 is 0 Å². The third-order valence-corrected chi connectivity index (χ3v) is 4.86. The fraction of sp³-hybridized carbons (Fsp3) is 0.812. The van der Waals surface area contributed by atoms with Gasteiger partial charge in [0, 0.05) is 19.3 Å². The summed E-state index contributed by atoms with van der Waals surface area (Å²) in [5.41, 5.74) is 7.24. The summed E-state index contributed by atoms with van der Waals surface area (Å²) in [5, 5.41) is 3.73. The molecule has 1 aromatic heterocycles. The molecule has 3 rings (SSSR count). The number of nitrogens with one attached hydrogen (secondary N) is 1. The topological polar surface area (TPSA) is 55.9 Å². The van der Waals surface area contributed by atoms with E-state index < -0.39 is 0 Å². The zero-order valence-electron chi connectivity index (χ0n) is 12.6. The highest BCUT2D eigenvalue weighted by molar-refractivity contribution is 5.06. The molecular formula is C16H28N4. The summed E-state index contributed by atoms with van der Waals surface area (Å²) in [7, 11) is 0. The summed E-state index contributed by atoms with van der Waals surface area (Å²) >= 11 is 0. The van der Waals surface area contributed by atoms with Crippen LogP contribution >= 0.6 is 0 Å². The first kappa shape index (κ1) is 14.1. The lowest BCUT2D eigenvalue weighted by Gasteiger charge is -2.23. The van der Waals surface area contributed by atoms with Crippen LogP contribution in [0.1, 0.15) is 50.8 Å². The lowest BCUT2D eigenvalue weighted by atomic mass is 9.97. The van der Waals surface area contributed by atoms with Gasteiger partial charge < -0.3 is 15.6 Å². The average Bonchev–Trinajstić information content (AvgIpc) is 3.37. The van der Waals surface area contributed by atoms with Gasteiger partial charge in [-0.1, -0.05) is 6.92 Å². The summed E-state index contributed by atoms with van der Waals surface area (Å²) in [4.78, 5) is 4.30. The molecule has 1 unspecified atom stereocenters. The van der Waals surface area contributed by atoms with Gasteiger partial charge in [-0.05, 0) is 56.4 Å². The molecule has 0 amide bonds. The third kappa shape index (κ3) is 3.23. The molecule has 0 radical (unpaired) electrons. The molecule has 1 heterocycles. The number of imidazole rings is 1. The first-order chi connectivity index (χ1) is 9.83. The minimum Gasteiger partial charge on any atom is -0.333 e. The third-order valence-electron chi connectivity index (χ3n) is 4.86. The van der Waals surface area contributed by atoms with E-state index in [0.29, 0.717) is 6.54 Å². The maximum absolute atomic E-state index is 6.00. The fourth-order valence-electron chi connectivity index (χ4n) is 3.40. The second kappa shape index (κ2) is 6.27. The monoisotopic (exact) mass is 276 g/mol. The maximum Gasteiger partial charge on any atom is 0.0948 e. The highest BCUT2D eigenvalue weighted by atomic mass is 15.1. The predicted molar refractivity (Wildman–Crippen MR) is 81.3 cm³/mol. The quantitative estimate of drug-likeness (QED) is 0.728. The Morgan fingerprint density at radius 1 is 1.35 bits per heavy atom. The molecule has 1 aromatic rings. The number of nitrogens with two attached hydrogens (primary N) is 1. The molecule has 112 valence electrons. The van der Waals surface area contributed by atoms with E-state index >= 15 is 0 Å². The largest absolute Gasteiger partial charge is 0.333 e. The molecule has 1 atom stereocenters. The Morgan fingerprint density at radius 3 is 2.60 bits per heavy atom. The van der Waals surface area contributed by atoms with Crippen molar-refractivity contribution in [1.29, 1.82) is 0 Å². The molecule has 4 nitrogen and oxygen atoms in total. The molecule has 0 bridgehead atoms. The number of hydrogen-bond acceptors (Lipinski definition) is 3. The van der Waals surface area contributed by atoms with Gasteiger partial charge in [-0.2, -0.15) is 0 Å². The van der Waals surface area contributed by atoms with E-state index in [2.05, 4.69) is 21.8 Å². The zero-order chi connectivity index (χ0) is 13.9. The number of rotatable bonds is 9. The SMILES string of the molecule is CCCn1cncc1C(CN)NCC(C1CC1)C1CC1. The van der Waals surface area contributed by atoms with Crippen molar-refractivity contribution in [3.8, 4) is 0 Å². The van der Waals surface area contributed by atoms with Gasteiger partial charge in [-0.25, -0.2) is 4.98 Å². The van der Waals surface area contributed by atoms with Crippen LogP contribution < -0.4 is 11.1 Å². The first-order valence-electron chi connectivity index (χ1n) is 8.27. The highest BCUT2D eigenvalue weighted by Gasteiger charge is 2.41. The summed E-state index contributed by atoms with van der Waals surface area (Å²) < 4.78 is 2.24. The van der Waals surface area contributed by atoms with E-state index in [1.807, 2.05) is 12.5 Å². The minimum atomic E-state index is 0.254. The maximum atomic E-state index is 6.00. The molecule has 2 aliphatic rings. The van der Waals surface area contributed by atoms with Crippen LogP contribution in [0.4, 0.5) is 0 Å². The Kier molecular flexibility index (Phi) is 4.41.